The molecule has 1 rings (SSSR count). The molecule has 3 heteroatoms. The molecular formula is C10H19NO2. The molecule has 76 valence electrons. The van der Waals surface area contributed by atoms with Crippen LogP contribution in [-0.4, -0.2) is 25.2 Å². The van der Waals surface area contributed by atoms with Gasteiger partial charge in [0.15, 0.2) is 0 Å². The smallest absolute Gasteiger partial charge is 0.310 e. The summed E-state index contributed by atoms with van der Waals surface area (Å²) in [6.07, 6.45) is 3.04. The van der Waals surface area contributed by atoms with E-state index in [0.29, 0.717) is 0 Å². The molecule has 2 atom stereocenters. The Balaban J connectivity index is 2.23. The minimum absolute atomic E-state index is 0.0223. The van der Waals surface area contributed by atoms with Gasteiger partial charge in [-0.3, -0.25) is 4.79 Å². The van der Waals surface area contributed by atoms with Gasteiger partial charge in [0.2, 0.25) is 0 Å². The topological polar surface area (TPSA) is 38.3 Å². The van der Waals surface area contributed by atoms with E-state index in [9.17, 15) is 4.79 Å². The second-order valence-corrected chi connectivity index (χ2v) is 3.73. The highest BCUT2D eigenvalue weighted by molar-refractivity contribution is 5.73. The molecule has 1 aliphatic rings. The molecule has 13 heavy (non-hydrogen) atoms. The zero-order chi connectivity index (χ0) is 9.68. The van der Waals surface area contributed by atoms with Gasteiger partial charge in [0.05, 0.1) is 12.0 Å². The van der Waals surface area contributed by atoms with Gasteiger partial charge in [-0.25, -0.2) is 0 Å². The number of carbonyl (C=O) groups excluding carboxylic acids is 1. The quantitative estimate of drug-likeness (QED) is 0.671. The van der Waals surface area contributed by atoms with Crippen molar-refractivity contribution in [3.63, 3.8) is 0 Å². The standard InChI is InChI=1S/C10H19NO2/c1-3-4-8(2)13-10(12)9-5-6-11-7-9/h8-9,11H,3-7H2,1-2H3. The maximum Gasteiger partial charge on any atom is 0.310 e. The highest BCUT2D eigenvalue weighted by Gasteiger charge is 2.24. The van der Waals surface area contributed by atoms with Crippen LogP contribution in [0.25, 0.3) is 0 Å². The number of hydrogen-bond acceptors (Lipinski definition) is 3. The van der Waals surface area contributed by atoms with Gasteiger partial charge in [0.25, 0.3) is 0 Å². The summed E-state index contributed by atoms with van der Waals surface area (Å²) in [5, 5.41) is 3.16. The number of carbonyl (C=O) groups is 1. The summed E-state index contributed by atoms with van der Waals surface area (Å²) >= 11 is 0. The molecule has 0 aromatic rings. The maximum atomic E-state index is 11.5. The van der Waals surface area contributed by atoms with Gasteiger partial charge >= 0.3 is 5.97 Å². The molecule has 1 fully saturated rings. The van der Waals surface area contributed by atoms with Crippen molar-refractivity contribution in [2.75, 3.05) is 13.1 Å². The van der Waals surface area contributed by atoms with E-state index in [-0.39, 0.29) is 18.0 Å². The molecule has 1 saturated heterocycles. The van der Waals surface area contributed by atoms with E-state index in [2.05, 4.69) is 12.2 Å². The van der Waals surface area contributed by atoms with Crippen LogP contribution in [0.5, 0.6) is 0 Å². The van der Waals surface area contributed by atoms with E-state index in [0.717, 1.165) is 32.4 Å². The fourth-order valence-electron chi connectivity index (χ4n) is 1.62. The fourth-order valence-corrected chi connectivity index (χ4v) is 1.62. The van der Waals surface area contributed by atoms with Gasteiger partial charge in [0.1, 0.15) is 0 Å². The van der Waals surface area contributed by atoms with Gasteiger partial charge < -0.3 is 10.1 Å². The number of nitrogens with one attached hydrogen (secondary N) is 1. The van der Waals surface area contributed by atoms with Gasteiger partial charge in [0, 0.05) is 6.54 Å². The molecule has 0 aromatic heterocycles. The van der Waals surface area contributed by atoms with E-state index >= 15 is 0 Å². The first-order valence-electron chi connectivity index (χ1n) is 5.15. The lowest BCUT2D eigenvalue weighted by Crippen LogP contribution is -2.24. The average Bonchev–Trinajstić information content (AvgIpc) is 2.55. The molecule has 0 bridgehead atoms. The van der Waals surface area contributed by atoms with Gasteiger partial charge in [-0.15, -0.1) is 0 Å². The molecular weight excluding hydrogens is 166 g/mol. The summed E-state index contributed by atoms with van der Waals surface area (Å²) in [6, 6.07) is 0. The van der Waals surface area contributed by atoms with Crippen LogP contribution in [0.2, 0.25) is 0 Å². The van der Waals surface area contributed by atoms with Crippen molar-refractivity contribution < 1.29 is 9.53 Å². The third-order valence-electron chi connectivity index (χ3n) is 2.41. The molecule has 0 aromatic carbocycles. The van der Waals surface area contributed by atoms with Gasteiger partial charge in [-0.05, 0) is 26.3 Å². The van der Waals surface area contributed by atoms with E-state index in [1.54, 1.807) is 0 Å². The van der Waals surface area contributed by atoms with E-state index in [1.807, 2.05) is 6.92 Å². The van der Waals surface area contributed by atoms with Crippen LogP contribution in [0.15, 0.2) is 0 Å². The Bertz CT molecular complexity index is 164. The molecule has 0 spiro atoms. The van der Waals surface area contributed by atoms with Crippen molar-refractivity contribution in [2.24, 2.45) is 5.92 Å². The molecule has 2 unspecified atom stereocenters. The summed E-state index contributed by atoms with van der Waals surface area (Å²) in [5.41, 5.74) is 0. The van der Waals surface area contributed by atoms with Crippen LogP contribution < -0.4 is 5.32 Å². The van der Waals surface area contributed by atoms with Gasteiger partial charge in [-0.1, -0.05) is 13.3 Å². The maximum absolute atomic E-state index is 11.5. The van der Waals surface area contributed by atoms with E-state index < -0.39 is 0 Å². The first-order valence-corrected chi connectivity index (χ1v) is 5.15. The van der Waals surface area contributed by atoms with Crippen LogP contribution in [0.3, 0.4) is 0 Å². The average molecular weight is 185 g/mol. The Hall–Kier alpha value is -0.570. The lowest BCUT2D eigenvalue weighted by atomic mass is 10.1. The number of esters is 1. The second-order valence-electron chi connectivity index (χ2n) is 3.73. The Morgan fingerprint density at radius 3 is 3.00 bits per heavy atom. The summed E-state index contributed by atoms with van der Waals surface area (Å²) in [6.45, 7) is 5.80. The zero-order valence-corrected chi connectivity index (χ0v) is 8.51. The second kappa shape index (κ2) is 5.22. The van der Waals surface area contributed by atoms with Crippen molar-refractivity contribution in [3.05, 3.63) is 0 Å². The van der Waals surface area contributed by atoms with Crippen molar-refractivity contribution in [2.45, 2.75) is 39.2 Å². The Morgan fingerprint density at radius 2 is 2.46 bits per heavy atom. The van der Waals surface area contributed by atoms with Crippen LogP contribution >= 0.6 is 0 Å². The highest BCUT2D eigenvalue weighted by Crippen LogP contribution is 2.12. The highest BCUT2D eigenvalue weighted by atomic mass is 16.5. The van der Waals surface area contributed by atoms with E-state index in [1.165, 1.54) is 0 Å². The first-order chi connectivity index (χ1) is 6.24. The molecule has 0 amide bonds. The SMILES string of the molecule is CCCC(C)OC(=O)C1CCNC1. The normalized spacial score (nSPS) is 24.3. The molecule has 1 N–H and O–H groups in total. The Morgan fingerprint density at radius 1 is 1.69 bits per heavy atom. The predicted molar refractivity (Wildman–Crippen MR) is 51.4 cm³/mol. The van der Waals surface area contributed by atoms with Crippen molar-refractivity contribution in [1.29, 1.82) is 0 Å². The minimum Gasteiger partial charge on any atom is -0.462 e. The number of ether oxygens (including phenoxy) is 1. The largest absolute Gasteiger partial charge is 0.462 e. The van der Waals surface area contributed by atoms with Crippen molar-refractivity contribution in [1.82, 2.24) is 5.32 Å². The minimum atomic E-state index is -0.0223. The fraction of sp³-hybridized carbons (Fsp3) is 0.900. The molecule has 0 saturated carbocycles. The first kappa shape index (κ1) is 10.5. The van der Waals surface area contributed by atoms with Gasteiger partial charge in [-0.2, -0.15) is 0 Å². The summed E-state index contributed by atoms with van der Waals surface area (Å²) in [5.74, 6) is 0.0743. The van der Waals surface area contributed by atoms with Crippen LogP contribution in [-0.2, 0) is 9.53 Å². The summed E-state index contributed by atoms with van der Waals surface area (Å²) < 4.78 is 5.30. The zero-order valence-electron chi connectivity index (χ0n) is 8.51. The van der Waals surface area contributed by atoms with Crippen LogP contribution in [0.4, 0.5) is 0 Å². The number of rotatable bonds is 4. The predicted octanol–water partition coefficient (Wildman–Crippen LogP) is 1.33. The third kappa shape index (κ3) is 3.35. The third-order valence-corrected chi connectivity index (χ3v) is 2.41. The Kier molecular flexibility index (Phi) is 4.22. The molecule has 1 heterocycles. The van der Waals surface area contributed by atoms with Crippen LogP contribution in [0, 0.1) is 5.92 Å². The monoisotopic (exact) mass is 185 g/mol. The van der Waals surface area contributed by atoms with E-state index in [4.69, 9.17) is 4.74 Å². The summed E-state index contributed by atoms with van der Waals surface area (Å²) in [4.78, 5) is 11.5. The van der Waals surface area contributed by atoms with Crippen molar-refractivity contribution in [3.8, 4) is 0 Å². The molecule has 1 aliphatic heterocycles. The molecule has 0 radical (unpaired) electrons. The molecule has 0 aliphatic carbocycles. The lowest BCUT2D eigenvalue weighted by Gasteiger charge is -2.14. The van der Waals surface area contributed by atoms with Crippen molar-refractivity contribution >= 4 is 5.97 Å². The molecule has 3 nitrogen and oxygen atoms in total. The van der Waals surface area contributed by atoms with Crippen LogP contribution in [0.1, 0.15) is 33.1 Å². The Labute approximate surface area is 79.8 Å². The summed E-state index contributed by atoms with van der Waals surface area (Å²) in [7, 11) is 0. The lowest BCUT2D eigenvalue weighted by molar-refractivity contribution is -0.152. The number of hydrogen-bond donors (Lipinski definition) is 1.